The van der Waals surface area contributed by atoms with Crippen molar-refractivity contribution in [1.82, 2.24) is 15.1 Å². The standard InChI is InChI=1S/C18H25N3O4/c1-14(22)20-9-11-21(12-10-20)18(24)7-8-19-17(23)13-15-5-3-4-6-16(15)25-2/h3-6H,7-13H2,1-2H3,(H,19,23). The van der Waals surface area contributed by atoms with Gasteiger partial charge in [-0.05, 0) is 6.07 Å². The summed E-state index contributed by atoms with van der Waals surface area (Å²) in [5.41, 5.74) is 0.814. The number of nitrogens with zero attached hydrogens (tertiary/aromatic N) is 2. The molecule has 1 fully saturated rings. The van der Waals surface area contributed by atoms with E-state index in [4.69, 9.17) is 4.74 Å². The van der Waals surface area contributed by atoms with Crippen LogP contribution in [0, 0.1) is 0 Å². The molecule has 1 heterocycles. The minimum Gasteiger partial charge on any atom is -0.496 e. The number of methoxy groups -OCH3 is 1. The van der Waals surface area contributed by atoms with Crippen molar-refractivity contribution in [2.24, 2.45) is 0 Å². The van der Waals surface area contributed by atoms with Crippen LogP contribution in [0.1, 0.15) is 18.9 Å². The highest BCUT2D eigenvalue weighted by atomic mass is 16.5. The molecule has 7 heteroatoms. The maximum atomic E-state index is 12.2. The number of para-hydroxylation sites is 1. The molecule has 0 unspecified atom stereocenters. The molecule has 0 aromatic heterocycles. The molecule has 136 valence electrons. The Morgan fingerprint density at radius 3 is 2.36 bits per heavy atom. The predicted octanol–water partition coefficient (Wildman–Crippen LogP) is 0.435. The molecule has 25 heavy (non-hydrogen) atoms. The monoisotopic (exact) mass is 347 g/mol. The van der Waals surface area contributed by atoms with Gasteiger partial charge in [0, 0.05) is 51.6 Å². The van der Waals surface area contributed by atoms with E-state index in [1.54, 1.807) is 16.9 Å². The topological polar surface area (TPSA) is 79.0 Å². The van der Waals surface area contributed by atoms with E-state index in [1.807, 2.05) is 24.3 Å². The minimum absolute atomic E-state index is 0.000735. The van der Waals surface area contributed by atoms with Gasteiger partial charge >= 0.3 is 0 Å². The SMILES string of the molecule is COc1ccccc1CC(=O)NCCC(=O)N1CCN(C(C)=O)CC1. The van der Waals surface area contributed by atoms with Crippen molar-refractivity contribution in [1.29, 1.82) is 0 Å². The average molecular weight is 347 g/mol. The molecule has 1 aliphatic rings. The number of carbonyl (C=O) groups excluding carboxylic acids is 3. The first-order chi connectivity index (χ1) is 12.0. The van der Waals surface area contributed by atoms with Crippen molar-refractivity contribution in [2.75, 3.05) is 39.8 Å². The molecule has 1 N–H and O–H groups in total. The zero-order valence-electron chi connectivity index (χ0n) is 14.8. The molecule has 1 saturated heterocycles. The van der Waals surface area contributed by atoms with Crippen LogP contribution in [-0.4, -0.2) is 67.4 Å². The van der Waals surface area contributed by atoms with Gasteiger partial charge in [-0.2, -0.15) is 0 Å². The van der Waals surface area contributed by atoms with Gasteiger partial charge in [0.25, 0.3) is 0 Å². The lowest BCUT2D eigenvalue weighted by atomic mass is 10.1. The normalized spacial score (nSPS) is 14.2. The molecule has 0 bridgehead atoms. The second kappa shape index (κ2) is 9.05. The molecule has 7 nitrogen and oxygen atoms in total. The van der Waals surface area contributed by atoms with Crippen molar-refractivity contribution in [3.63, 3.8) is 0 Å². The summed E-state index contributed by atoms with van der Waals surface area (Å²) in [7, 11) is 1.57. The first-order valence-electron chi connectivity index (χ1n) is 8.43. The van der Waals surface area contributed by atoms with E-state index in [1.165, 1.54) is 6.92 Å². The van der Waals surface area contributed by atoms with Gasteiger partial charge in [0.1, 0.15) is 5.75 Å². The van der Waals surface area contributed by atoms with E-state index >= 15 is 0 Å². The fraction of sp³-hybridized carbons (Fsp3) is 0.500. The highest BCUT2D eigenvalue weighted by Gasteiger charge is 2.22. The minimum atomic E-state index is -0.140. The summed E-state index contributed by atoms with van der Waals surface area (Å²) in [4.78, 5) is 38.9. The van der Waals surface area contributed by atoms with Crippen LogP contribution in [0.2, 0.25) is 0 Å². The molecule has 0 saturated carbocycles. The van der Waals surface area contributed by atoms with E-state index in [0.717, 1.165) is 5.56 Å². The molecular formula is C18H25N3O4. The second-order valence-electron chi connectivity index (χ2n) is 5.98. The zero-order chi connectivity index (χ0) is 18.2. The summed E-state index contributed by atoms with van der Waals surface area (Å²) < 4.78 is 5.22. The van der Waals surface area contributed by atoms with Gasteiger partial charge in [-0.15, -0.1) is 0 Å². The Labute approximate surface area is 147 Å². The predicted molar refractivity (Wildman–Crippen MR) is 93.2 cm³/mol. The molecule has 3 amide bonds. The van der Waals surface area contributed by atoms with Gasteiger partial charge in [0.05, 0.1) is 13.5 Å². The van der Waals surface area contributed by atoms with E-state index in [-0.39, 0.29) is 30.6 Å². The molecule has 2 rings (SSSR count). The van der Waals surface area contributed by atoms with Gasteiger partial charge in [0.15, 0.2) is 0 Å². The Balaban J connectivity index is 1.70. The second-order valence-corrected chi connectivity index (χ2v) is 5.98. The van der Waals surface area contributed by atoms with Crippen LogP contribution in [0.4, 0.5) is 0 Å². The van der Waals surface area contributed by atoms with Crippen LogP contribution in [-0.2, 0) is 20.8 Å². The third kappa shape index (κ3) is 5.48. The summed E-state index contributed by atoms with van der Waals surface area (Å²) >= 11 is 0. The summed E-state index contributed by atoms with van der Waals surface area (Å²) in [5.74, 6) is 0.576. The van der Waals surface area contributed by atoms with Crippen LogP contribution in [0.3, 0.4) is 0 Å². The molecule has 0 aliphatic carbocycles. The van der Waals surface area contributed by atoms with Crippen LogP contribution in [0.15, 0.2) is 24.3 Å². The highest BCUT2D eigenvalue weighted by Crippen LogP contribution is 2.17. The van der Waals surface area contributed by atoms with E-state index in [9.17, 15) is 14.4 Å². The number of ether oxygens (including phenoxy) is 1. The Hall–Kier alpha value is -2.57. The molecule has 1 aromatic carbocycles. The van der Waals surface area contributed by atoms with Crippen molar-refractivity contribution >= 4 is 17.7 Å². The lowest BCUT2D eigenvalue weighted by molar-refractivity contribution is -0.138. The molecule has 1 aliphatic heterocycles. The highest BCUT2D eigenvalue weighted by molar-refractivity contribution is 5.81. The third-order valence-electron chi connectivity index (χ3n) is 4.28. The first-order valence-corrected chi connectivity index (χ1v) is 8.43. The van der Waals surface area contributed by atoms with Crippen molar-refractivity contribution in [2.45, 2.75) is 19.8 Å². The number of amides is 3. The Kier molecular flexibility index (Phi) is 6.80. The van der Waals surface area contributed by atoms with Crippen molar-refractivity contribution in [3.8, 4) is 5.75 Å². The quantitative estimate of drug-likeness (QED) is 0.810. The average Bonchev–Trinajstić information content (AvgIpc) is 2.62. The Morgan fingerprint density at radius 1 is 1.08 bits per heavy atom. The molecule has 1 aromatic rings. The summed E-state index contributed by atoms with van der Waals surface area (Å²) in [6.07, 6.45) is 0.479. The zero-order valence-corrected chi connectivity index (χ0v) is 14.8. The summed E-state index contributed by atoms with van der Waals surface area (Å²) in [6.45, 7) is 4.08. The molecule has 0 spiro atoms. The van der Waals surface area contributed by atoms with Crippen LogP contribution in [0.5, 0.6) is 5.75 Å². The lowest BCUT2D eigenvalue weighted by Crippen LogP contribution is -2.50. The Bertz CT molecular complexity index is 625. The molecular weight excluding hydrogens is 322 g/mol. The first kappa shape index (κ1) is 18.8. The molecule has 0 atom stereocenters. The van der Waals surface area contributed by atoms with Gasteiger partial charge in [0.2, 0.25) is 17.7 Å². The number of nitrogens with one attached hydrogen (secondary N) is 1. The van der Waals surface area contributed by atoms with E-state index in [2.05, 4.69) is 5.32 Å². The Morgan fingerprint density at radius 2 is 1.72 bits per heavy atom. The lowest BCUT2D eigenvalue weighted by Gasteiger charge is -2.34. The van der Waals surface area contributed by atoms with Crippen LogP contribution in [0.25, 0.3) is 0 Å². The van der Waals surface area contributed by atoms with Gasteiger partial charge in [-0.1, -0.05) is 18.2 Å². The fourth-order valence-electron chi connectivity index (χ4n) is 2.82. The number of carbonyl (C=O) groups is 3. The number of piperazine rings is 1. The largest absolute Gasteiger partial charge is 0.496 e. The smallest absolute Gasteiger partial charge is 0.224 e. The van der Waals surface area contributed by atoms with Crippen LogP contribution >= 0.6 is 0 Å². The van der Waals surface area contributed by atoms with Crippen LogP contribution < -0.4 is 10.1 Å². The van der Waals surface area contributed by atoms with Gasteiger partial charge in [-0.25, -0.2) is 0 Å². The van der Waals surface area contributed by atoms with Crippen molar-refractivity contribution in [3.05, 3.63) is 29.8 Å². The fourth-order valence-corrected chi connectivity index (χ4v) is 2.82. The number of hydrogen-bond acceptors (Lipinski definition) is 4. The van der Waals surface area contributed by atoms with Gasteiger partial charge in [-0.3, -0.25) is 14.4 Å². The number of benzene rings is 1. The number of hydrogen-bond donors (Lipinski definition) is 1. The summed E-state index contributed by atoms with van der Waals surface area (Å²) in [6, 6.07) is 7.37. The maximum absolute atomic E-state index is 12.2. The number of rotatable bonds is 6. The van der Waals surface area contributed by atoms with E-state index in [0.29, 0.717) is 38.5 Å². The summed E-state index contributed by atoms with van der Waals surface area (Å²) in [5, 5.41) is 2.77. The molecule has 0 radical (unpaired) electrons. The maximum Gasteiger partial charge on any atom is 0.224 e. The van der Waals surface area contributed by atoms with E-state index < -0.39 is 0 Å². The van der Waals surface area contributed by atoms with Crippen molar-refractivity contribution < 1.29 is 19.1 Å². The third-order valence-corrected chi connectivity index (χ3v) is 4.28. The van der Waals surface area contributed by atoms with Gasteiger partial charge < -0.3 is 19.9 Å².